The Kier molecular flexibility index (Phi) is 2.56. The van der Waals surface area contributed by atoms with Crippen LogP contribution in [0, 0.1) is 23.2 Å². The molecule has 0 aromatic carbocycles. The zero-order valence-corrected chi connectivity index (χ0v) is 8.65. The third-order valence-corrected chi connectivity index (χ3v) is 3.78. The summed E-state index contributed by atoms with van der Waals surface area (Å²) in [6.07, 6.45) is 0.249. The molecular formula is C10H16O4. The van der Waals surface area contributed by atoms with Crippen molar-refractivity contribution in [3.8, 4) is 0 Å². The maximum absolute atomic E-state index is 10.9. The third-order valence-electron chi connectivity index (χ3n) is 3.78. The largest absolute Gasteiger partial charge is 0.481 e. The molecular weight excluding hydrogens is 184 g/mol. The lowest BCUT2D eigenvalue weighted by molar-refractivity contribution is -0.145. The van der Waals surface area contributed by atoms with Crippen LogP contribution in [0.4, 0.5) is 0 Å². The van der Waals surface area contributed by atoms with Gasteiger partial charge in [-0.1, -0.05) is 20.8 Å². The first-order chi connectivity index (χ1) is 6.28. The Bertz CT molecular complexity index is 269. The molecule has 1 fully saturated rings. The molecule has 4 nitrogen and oxygen atoms in total. The zero-order valence-electron chi connectivity index (χ0n) is 8.65. The lowest BCUT2D eigenvalue weighted by atomic mass is 9.75. The molecule has 14 heavy (non-hydrogen) atoms. The number of hydrogen-bond acceptors (Lipinski definition) is 2. The first-order valence-corrected chi connectivity index (χ1v) is 4.74. The van der Waals surface area contributed by atoms with Gasteiger partial charge in [0.25, 0.3) is 0 Å². The average molecular weight is 200 g/mol. The van der Waals surface area contributed by atoms with Crippen molar-refractivity contribution < 1.29 is 19.8 Å². The van der Waals surface area contributed by atoms with Gasteiger partial charge in [0.1, 0.15) is 0 Å². The van der Waals surface area contributed by atoms with E-state index in [1.807, 2.05) is 20.8 Å². The fraction of sp³-hybridized carbons (Fsp3) is 0.800. The van der Waals surface area contributed by atoms with Crippen LogP contribution in [-0.2, 0) is 9.59 Å². The lowest BCUT2D eigenvalue weighted by Crippen LogP contribution is -2.30. The Morgan fingerprint density at radius 3 is 1.93 bits per heavy atom. The lowest BCUT2D eigenvalue weighted by Gasteiger charge is -2.29. The van der Waals surface area contributed by atoms with Crippen LogP contribution >= 0.6 is 0 Å². The average Bonchev–Trinajstić information content (AvgIpc) is 2.24. The highest BCUT2D eigenvalue weighted by Crippen LogP contribution is 2.50. The van der Waals surface area contributed by atoms with E-state index in [0.29, 0.717) is 0 Å². The number of carboxylic acid groups (broad SMARTS) is 2. The van der Waals surface area contributed by atoms with Crippen molar-refractivity contribution in [3.05, 3.63) is 0 Å². The molecule has 80 valence electrons. The molecule has 1 saturated carbocycles. The maximum atomic E-state index is 10.9. The molecule has 0 amide bonds. The summed E-state index contributed by atoms with van der Waals surface area (Å²) in [6, 6.07) is 0. The van der Waals surface area contributed by atoms with Crippen molar-refractivity contribution in [1.29, 1.82) is 0 Å². The van der Waals surface area contributed by atoms with Crippen molar-refractivity contribution in [3.63, 3.8) is 0 Å². The first kappa shape index (κ1) is 11.0. The van der Waals surface area contributed by atoms with Gasteiger partial charge >= 0.3 is 11.9 Å². The van der Waals surface area contributed by atoms with Gasteiger partial charge in [0.15, 0.2) is 0 Å². The van der Waals surface area contributed by atoms with Crippen LogP contribution in [0.1, 0.15) is 27.2 Å². The van der Waals surface area contributed by atoms with E-state index in [4.69, 9.17) is 10.2 Å². The molecule has 0 aromatic heterocycles. The van der Waals surface area contributed by atoms with Gasteiger partial charge in [-0.05, 0) is 17.8 Å². The number of rotatable bonds is 2. The summed E-state index contributed by atoms with van der Waals surface area (Å²) < 4.78 is 0. The van der Waals surface area contributed by atoms with Crippen molar-refractivity contribution >= 4 is 11.9 Å². The summed E-state index contributed by atoms with van der Waals surface area (Å²) in [5, 5.41) is 17.9. The molecule has 1 aliphatic carbocycles. The van der Waals surface area contributed by atoms with E-state index in [9.17, 15) is 9.59 Å². The highest BCUT2D eigenvalue weighted by Gasteiger charge is 2.52. The molecule has 0 bridgehead atoms. The Morgan fingerprint density at radius 2 is 1.71 bits per heavy atom. The molecule has 3 atom stereocenters. The topological polar surface area (TPSA) is 74.6 Å². The van der Waals surface area contributed by atoms with Crippen molar-refractivity contribution in [2.24, 2.45) is 23.2 Å². The molecule has 1 rings (SSSR count). The second-order valence-electron chi connectivity index (χ2n) is 4.68. The highest BCUT2D eigenvalue weighted by molar-refractivity contribution is 5.76. The van der Waals surface area contributed by atoms with E-state index in [1.165, 1.54) is 0 Å². The summed E-state index contributed by atoms with van der Waals surface area (Å²) in [5.41, 5.74) is -0.436. The minimum atomic E-state index is -0.884. The zero-order chi connectivity index (χ0) is 11.1. The van der Waals surface area contributed by atoms with Gasteiger partial charge in [-0.2, -0.15) is 0 Å². The molecule has 0 aliphatic heterocycles. The SMILES string of the molecule is C[C@@H]1[C@H](C(=O)O)C[C@H](C(=O)O)C1(C)C. The summed E-state index contributed by atoms with van der Waals surface area (Å²) >= 11 is 0. The summed E-state index contributed by atoms with van der Waals surface area (Å²) in [5.74, 6) is -2.93. The van der Waals surface area contributed by atoms with Gasteiger partial charge in [0.05, 0.1) is 11.8 Å². The fourth-order valence-electron chi connectivity index (χ4n) is 2.33. The van der Waals surface area contributed by atoms with Crippen LogP contribution in [0.2, 0.25) is 0 Å². The highest BCUT2D eigenvalue weighted by atomic mass is 16.4. The Labute approximate surface area is 82.9 Å². The van der Waals surface area contributed by atoms with E-state index in [-0.39, 0.29) is 12.3 Å². The molecule has 0 heterocycles. The second-order valence-corrected chi connectivity index (χ2v) is 4.68. The molecule has 2 N–H and O–H groups in total. The van der Waals surface area contributed by atoms with E-state index in [1.54, 1.807) is 0 Å². The number of hydrogen-bond donors (Lipinski definition) is 2. The first-order valence-electron chi connectivity index (χ1n) is 4.74. The second kappa shape index (κ2) is 3.26. The Morgan fingerprint density at radius 1 is 1.21 bits per heavy atom. The van der Waals surface area contributed by atoms with Crippen LogP contribution in [0.25, 0.3) is 0 Å². The minimum absolute atomic E-state index is 0.0962. The van der Waals surface area contributed by atoms with Crippen LogP contribution in [0.3, 0.4) is 0 Å². The molecule has 0 spiro atoms. The van der Waals surface area contributed by atoms with Crippen LogP contribution in [0.15, 0.2) is 0 Å². The third kappa shape index (κ3) is 1.49. The summed E-state index contributed by atoms with van der Waals surface area (Å²) in [4.78, 5) is 21.8. The van der Waals surface area contributed by atoms with Crippen molar-refractivity contribution in [2.75, 3.05) is 0 Å². The maximum Gasteiger partial charge on any atom is 0.307 e. The van der Waals surface area contributed by atoms with E-state index < -0.39 is 29.2 Å². The van der Waals surface area contributed by atoms with Gasteiger partial charge in [-0.25, -0.2) is 0 Å². The molecule has 0 aromatic rings. The van der Waals surface area contributed by atoms with E-state index in [2.05, 4.69) is 0 Å². The van der Waals surface area contributed by atoms with Crippen molar-refractivity contribution in [1.82, 2.24) is 0 Å². The minimum Gasteiger partial charge on any atom is -0.481 e. The number of carboxylic acids is 2. The van der Waals surface area contributed by atoms with Crippen molar-refractivity contribution in [2.45, 2.75) is 27.2 Å². The fourth-order valence-corrected chi connectivity index (χ4v) is 2.33. The van der Waals surface area contributed by atoms with E-state index >= 15 is 0 Å². The molecule has 0 radical (unpaired) electrons. The summed E-state index contributed by atoms with van der Waals surface area (Å²) in [6.45, 7) is 5.49. The van der Waals surface area contributed by atoms with Gasteiger partial charge in [0.2, 0.25) is 0 Å². The Balaban J connectivity index is 2.96. The van der Waals surface area contributed by atoms with Crippen LogP contribution in [-0.4, -0.2) is 22.2 Å². The van der Waals surface area contributed by atoms with Gasteiger partial charge in [-0.15, -0.1) is 0 Å². The quantitative estimate of drug-likeness (QED) is 0.707. The standard InChI is InChI=1S/C10H16O4/c1-5-6(8(11)12)4-7(9(13)14)10(5,2)3/h5-7H,4H2,1-3H3,(H,11,12)(H,13,14)/t5-,6-,7-/m1/s1. The van der Waals surface area contributed by atoms with Crippen LogP contribution < -0.4 is 0 Å². The predicted octanol–water partition coefficient (Wildman–Crippen LogP) is 1.45. The monoisotopic (exact) mass is 200 g/mol. The smallest absolute Gasteiger partial charge is 0.307 e. The predicted molar refractivity (Wildman–Crippen MR) is 49.8 cm³/mol. The van der Waals surface area contributed by atoms with Gasteiger partial charge < -0.3 is 10.2 Å². The molecule has 4 heteroatoms. The van der Waals surface area contributed by atoms with Crippen LogP contribution in [0.5, 0.6) is 0 Å². The normalized spacial score (nSPS) is 35.5. The molecule has 1 aliphatic rings. The Hall–Kier alpha value is -1.06. The summed E-state index contributed by atoms with van der Waals surface area (Å²) in [7, 11) is 0. The molecule has 0 saturated heterocycles. The number of aliphatic carboxylic acids is 2. The van der Waals surface area contributed by atoms with Gasteiger partial charge in [-0.3, -0.25) is 9.59 Å². The molecule has 0 unspecified atom stereocenters. The van der Waals surface area contributed by atoms with Gasteiger partial charge in [0, 0.05) is 0 Å². The number of carbonyl (C=O) groups is 2. The van der Waals surface area contributed by atoms with E-state index in [0.717, 1.165) is 0 Å².